The van der Waals surface area contributed by atoms with Gasteiger partial charge in [-0.15, -0.1) is 0 Å². The Balaban J connectivity index is 1.61. The maximum absolute atomic E-state index is 13.6. The lowest BCUT2D eigenvalue weighted by Gasteiger charge is -2.07. The van der Waals surface area contributed by atoms with E-state index in [-0.39, 0.29) is 5.56 Å². The van der Waals surface area contributed by atoms with Gasteiger partial charge in [0, 0.05) is 17.5 Å². The Labute approximate surface area is 162 Å². The third kappa shape index (κ3) is 4.46. The molecule has 28 heavy (non-hydrogen) atoms. The molecule has 6 heteroatoms. The van der Waals surface area contributed by atoms with Crippen LogP contribution in [0.15, 0.2) is 59.2 Å². The molecule has 2 heterocycles. The highest BCUT2D eigenvalue weighted by molar-refractivity contribution is 5.99. The molecule has 0 aliphatic carbocycles. The number of carbonyl (C=O) groups is 2. The standard InChI is InChI=1S/C22H20FNO4/c1-15-12-17(16(2)24(15)13-18-6-5-11-27-18)9-10-22(26)28-14-21(25)19-7-3-4-8-20(19)23/h3-12H,13-14H2,1-2H3/b10-9+. The number of nitrogens with zero attached hydrogens (tertiary/aromatic N) is 1. The third-order valence-electron chi connectivity index (χ3n) is 4.43. The lowest BCUT2D eigenvalue weighted by molar-refractivity contribution is -0.136. The van der Waals surface area contributed by atoms with E-state index in [0.29, 0.717) is 6.54 Å². The van der Waals surface area contributed by atoms with E-state index in [4.69, 9.17) is 9.15 Å². The quantitative estimate of drug-likeness (QED) is 0.347. The predicted octanol–water partition coefficient (Wildman–Crippen LogP) is 4.32. The summed E-state index contributed by atoms with van der Waals surface area (Å²) in [5, 5.41) is 0. The number of hydrogen-bond donors (Lipinski definition) is 0. The van der Waals surface area contributed by atoms with Gasteiger partial charge in [-0.1, -0.05) is 12.1 Å². The van der Waals surface area contributed by atoms with Crippen molar-refractivity contribution in [2.75, 3.05) is 6.61 Å². The summed E-state index contributed by atoms with van der Waals surface area (Å²) >= 11 is 0. The highest BCUT2D eigenvalue weighted by Crippen LogP contribution is 2.18. The fourth-order valence-corrected chi connectivity index (χ4v) is 2.91. The number of carbonyl (C=O) groups excluding carboxylic acids is 2. The molecular weight excluding hydrogens is 361 g/mol. The summed E-state index contributed by atoms with van der Waals surface area (Å²) in [6, 6.07) is 11.3. The first-order valence-corrected chi connectivity index (χ1v) is 8.77. The first-order valence-electron chi connectivity index (χ1n) is 8.77. The molecule has 0 saturated heterocycles. The van der Waals surface area contributed by atoms with Crippen LogP contribution < -0.4 is 0 Å². The normalized spacial score (nSPS) is 11.1. The number of hydrogen-bond acceptors (Lipinski definition) is 4. The lowest BCUT2D eigenvalue weighted by atomic mass is 10.1. The van der Waals surface area contributed by atoms with E-state index in [1.165, 1.54) is 24.3 Å². The first-order chi connectivity index (χ1) is 13.5. The fraction of sp³-hybridized carbons (Fsp3) is 0.182. The SMILES string of the molecule is Cc1cc(/C=C/C(=O)OCC(=O)c2ccccc2F)c(C)n1Cc1ccco1. The molecule has 144 valence electrons. The average Bonchev–Trinajstić information content (AvgIpc) is 3.28. The van der Waals surface area contributed by atoms with Gasteiger partial charge in [0.15, 0.2) is 6.61 Å². The van der Waals surface area contributed by atoms with E-state index in [1.807, 2.05) is 32.0 Å². The van der Waals surface area contributed by atoms with Crippen LogP contribution in [-0.4, -0.2) is 22.9 Å². The van der Waals surface area contributed by atoms with Gasteiger partial charge >= 0.3 is 5.97 Å². The number of esters is 1. The van der Waals surface area contributed by atoms with E-state index in [9.17, 15) is 14.0 Å². The minimum atomic E-state index is -0.666. The van der Waals surface area contributed by atoms with Crippen molar-refractivity contribution in [1.29, 1.82) is 0 Å². The summed E-state index contributed by atoms with van der Waals surface area (Å²) in [4.78, 5) is 23.9. The monoisotopic (exact) mass is 381 g/mol. The minimum Gasteiger partial charge on any atom is -0.467 e. The predicted molar refractivity (Wildman–Crippen MR) is 102 cm³/mol. The lowest BCUT2D eigenvalue weighted by Crippen LogP contribution is -2.13. The van der Waals surface area contributed by atoms with Crippen LogP contribution in [0.5, 0.6) is 0 Å². The highest BCUT2D eigenvalue weighted by Gasteiger charge is 2.13. The third-order valence-corrected chi connectivity index (χ3v) is 4.43. The molecule has 0 N–H and O–H groups in total. The second-order valence-electron chi connectivity index (χ2n) is 6.34. The molecule has 3 aromatic rings. The van der Waals surface area contributed by atoms with Gasteiger partial charge in [0.05, 0.1) is 18.4 Å². The number of furan rings is 1. The van der Waals surface area contributed by atoms with Crippen molar-refractivity contribution in [2.24, 2.45) is 0 Å². The van der Waals surface area contributed by atoms with E-state index >= 15 is 0 Å². The smallest absolute Gasteiger partial charge is 0.331 e. The maximum Gasteiger partial charge on any atom is 0.331 e. The van der Waals surface area contributed by atoms with Crippen molar-refractivity contribution in [3.8, 4) is 0 Å². The van der Waals surface area contributed by atoms with Crippen LogP contribution >= 0.6 is 0 Å². The number of rotatable bonds is 7. The average molecular weight is 381 g/mol. The van der Waals surface area contributed by atoms with Gasteiger partial charge in [-0.2, -0.15) is 0 Å². The molecule has 5 nitrogen and oxygen atoms in total. The van der Waals surface area contributed by atoms with E-state index in [0.717, 1.165) is 22.7 Å². The zero-order chi connectivity index (χ0) is 20.1. The van der Waals surface area contributed by atoms with Gasteiger partial charge in [0.2, 0.25) is 5.78 Å². The molecule has 0 atom stereocenters. The summed E-state index contributed by atoms with van der Waals surface area (Å²) in [6.45, 7) is 4.00. The summed E-state index contributed by atoms with van der Waals surface area (Å²) in [6.07, 6.45) is 4.52. The first kappa shape index (κ1) is 19.4. The zero-order valence-corrected chi connectivity index (χ0v) is 15.6. The molecule has 0 aliphatic rings. The number of halogens is 1. The van der Waals surface area contributed by atoms with Gasteiger partial charge in [-0.3, -0.25) is 4.79 Å². The number of Topliss-reactive ketones (excluding diaryl/α,β-unsaturated/α-hetero) is 1. The van der Waals surface area contributed by atoms with Gasteiger partial charge in [0.25, 0.3) is 0 Å². The fourth-order valence-electron chi connectivity index (χ4n) is 2.91. The Morgan fingerprint density at radius 1 is 1.18 bits per heavy atom. The topological polar surface area (TPSA) is 61.4 Å². The van der Waals surface area contributed by atoms with Crippen molar-refractivity contribution in [1.82, 2.24) is 4.57 Å². The van der Waals surface area contributed by atoms with Crippen molar-refractivity contribution in [2.45, 2.75) is 20.4 Å². The van der Waals surface area contributed by atoms with Crippen LogP contribution in [0.3, 0.4) is 0 Å². The minimum absolute atomic E-state index is 0.0965. The summed E-state index contributed by atoms with van der Waals surface area (Å²) in [7, 11) is 0. The Hall–Kier alpha value is -3.41. The zero-order valence-electron chi connectivity index (χ0n) is 15.6. The van der Waals surface area contributed by atoms with E-state index in [2.05, 4.69) is 4.57 Å². The van der Waals surface area contributed by atoms with Crippen molar-refractivity contribution in [3.63, 3.8) is 0 Å². The molecule has 0 fully saturated rings. The van der Waals surface area contributed by atoms with E-state index in [1.54, 1.807) is 18.4 Å². The van der Waals surface area contributed by atoms with Crippen molar-refractivity contribution in [3.05, 3.63) is 88.9 Å². The van der Waals surface area contributed by atoms with Crippen LogP contribution in [-0.2, 0) is 16.1 Å². The Morgan fingerprint density at radius 3 is 2.68 bits per heavy atom. The Morgan fingerprint density at radius 2 is 1.96 bits per heavy atom. The molecule has 3 rings (SSSR count). The maximum atomic E-state index is 13.6. The van der Waals surface area contributed by atoms with Crippen LogP contribution in [0.25, 0.3) is 6.08 Å². The molecule has 0 bridgehead atoms. The molecule has 0 spiro atoms. The van der Waals surface area contributed by atoms with Crippen LogP contribution in [0.1, 0.15) is 33.1 Å². The number of benzene rings is 1. The largest absolute Gasteiger partial charge is 0.467 e. The Kier molecular flexibility index (Phi) is 5.89. The summed E-state index contributed by atoms with van der Waals surface area (Å²) < 4.78 is 26.0. The van der Waals surface area contributed by atoms with Crippen molar-refractivity contribution < 1.29 is 23.1 Å². The second kappa shape index (κ2) is 8.52. The number of aromatic nitrogens is 1. The summed E-state index contributed by atoms with van der Waals surface area (Å²) in [5.74, 6) is -1.05. The molecule has 0 radical (unpaired) electrons. The van der Waals surface area contributed by atoms with Gasteiger partial charge in [-0.05, 0) is 55.8 Å². The van der Waals surface area contributed by atoms with Gasteiger partial charge in [0.1, 0.15) is 11.6 Å². The summed E-state index contributed by atoms with van der Waals surface area (Å²) in [5.41, 5.74) is 2.76. The Bertz CT molecular complexity index is 1020. The van der Waals surface area contributed by atoms with E-state index < -0.39 is 24.2 Å². The van der Waals surface area contributed by atoms with Crippen LogP contribution in [0.2, 0.25) is 0 Å². The van der Waals surface area contributed by atoms with Crippen molar-refractivity contribution >= 4 is 17.8 Å². The molecule has 0 unspecified atom stereocenters. The molecule has 0 saturated carbocycles. The molecule has 0 amide bonds. The van der Waals surface area contributed by atoms with Crippen LogP contribution in [0.4, 0.5) is 4.39 Å². The highest BCUT2D eigenvalue weighted by atomic mass is 19.1. The molecule has 0 aliphatic heterocycles. The second-order valence-corrected chi connectivity index (χ2v) is 6.34. The number of ketones is 1. The van der Waals surface area contributed by atoms with Crippen LogP contribution in [0, 0.1) is 19.7 Å². The van der Waals surface area contributed by atoms with Gasteiger partial charge < -0.3 is 13.7 Å². The molecular formula is C22H20FNO4. The molecule has 2 aromatic heterocycles. The molecule has 1 aromatic carbocycles. The number of aryl methyl sites for hydroxylation is 1. The van der Waals surface area contributed by atoms with Gasteiger partial charge in [-0.25, -0.2) is 9.18 Å². The number of ether oxygens (including phenoxy) is 1.